The molecule has 0 saturated carbocycles. The molecule has 0 aliphatic heterocycles. The van der Waals surface area contributed by atoms with Crippen molar-refractivity contribution in [2.75, 3.05) is 13.7 Å². The molecule has 0 aliphatic carbocycles. The first-order valence-electron chi connectivity index (χ1n) is 4.70. The number of nitrogens with one attached hydrogen (secondary N) is 1. The minimum absolute atomic E-state index is 0.108. The van der Waals surface area contributed by atoms with Gasteiger partial charge in [-0.1, -0.05) is 23.7 Å². The monoisotopic (exact) mass is 241 g/mol. The van der Waals surface area contributed by atoms with Gasteiger partial charge in [0.2, 0.25) is 5.91 Å². The minimum Gasteiger partial charge on any atom is -0.468 e. The molecule has 16 heavy (non-hydrogen) atoms. The van der Waals surface area contributed by atoms with Crippen molar-refractivity contribution < 1.29 is 14.3 Å². The Hall–Kier alpha value is -1.55. The summed E-state index contributed by atoms with van der Waals surface area (Å²) in [5.74, 6) is -0.697. The third-order valence-corrected chi connectivity index (χ3v) is 2.19. The first-order chi connectivity index (χ1) is 7.61. The van der Waals surface area contributed by atoms with Crippen LogP contribution in [-0.4, -0.2) is 25.5 Å². The van der Waals surface area contributed by atoms with Crippen LogP contribution in [0.25, 0.3) is 0 Å². The summed E-state index contributed by atoms with van der Waals surface area (Å²) in [7, 11) is 1.27. The molecule has 0 unspecified atom stereocenters. The highest BCUT2D eigenvalue weighted by Gasteiger charge is 2.05. The summed E-state index contributed by atoms with van der Waals surface area (Å²) in [4.78, 5) is 22.1. The molecule has 0 aliphatic rings. The average Bonchev–Trinajstić information content (AvgIpc) is 2.29. The zero-order valence-electron chi connectivity index (χ0n) is 8.83. The maximum absolute atomic E-state index is 11.4. The van der Waals surface area contributed by atoms with Gasteiger partial charge in [-0.3, -0.25) is 9.59 Å². The Morgan fingerprint density at radius 3 is 2.50 bits per heavy atom. The fourth-order valence-electron chi connectivity index (χ4n) is 1.09. The molecule has 0 aromatic heterocycles. The lowest BCUT2D eigenvalue weighted by atomic mass is 10.1. The number of ether oxygens (including phenoxy) is 1. The van der Waals surface area contributed by atoms with E-state index in [0.29, 0.717) is 5.02 Å². The van der Waals surface area contributed by atoms with E-state index in [9.17, 15) is 9.59 Å². The molecule has 0 spiro atoms. The van der Waals surface area contributed by atoms with Gasteiger partial charge in [-0.05, 0) is 17.7 Å². The second-order valence-electron chi connectivity index (χ2n) is 3.16. The van der Waals surface area contributed by atoms with E-state index in [4.69, 9.17) is 11.6 Å². The summed E-state index contributed by atoms with van der Waals surface area (Å²) in [6.45, 7) is -0.108. The largest absolute Gasteiger partial charge is 0.468 e. The maximum Gasteiger partial charge on any atom is 0.325 e. The zero-order chi connectivity index (χ0) is 12.0. The van der Waals surface area contributed by atoms with Crippen LogP contribution >= 0.6 is 11.6 Å². The lowest BCUT2D eigenvalue weighted by Crippen LogP contribution is -2.31. The van der Waals surface area contributed by atoms with E-state index in [1.807, 2.05) is 0 Å². The number of halogens is 1. The number of methoxy groups -OCH3 is 1. The first-order valence-corrected chi connectivity index (χ1v) is 5.07. The Morgan fingerprint density at radius 2 is 1.94 bits per heavy atom. The summed E-state index contributed by atoms with van der Waals surface area (Å²) in [5.41, 5.74) is 0.840. The fourth-order valence-corrected chi connectivity index (χ4v) is 1.22. The molecule has 0 saturated heterocycles. The summed E-state index contributed by atoms with van der Waals surface area (Å²) in [5, 5.41) is 3.07. The number of amides is 1. The normalized spacial score (nSPS) is 9.62. The van der Waals surface area contributed by atoms with Crippen molar-refractivity contribution in [2.24, 2.45) is 0 Å². The summed E-state index contributed by atoms with van der Waals surface area (Å²) in [6.07, 6.45) is 0.216. The molecule has 0 fully saturated rings. The zero-order valence-corrected chi connectivity index (χ0v) is 9.58. The van der Waals surface area contributed by atoms with Crippen molar-refractivity contribution in [1.29, 1.82) is 0 Å². The predicted octanol–water partition coefficient (Wildman–Crippen LogP) is 1.17. The Bertz CT molecular complexity index is 375. The van der Waals surface area contributed by atoms with Crippen LogP contribution in [0, 0.1) is 0 Å². The molecule has 4 nitrogen and oxygen atoms in total. The molecule has 1 amide bonds. The summed E-state index contributed by atoms with van der Waals surface area (Å²) >= 11 is 5.71. The third-order valence-electron chi connectivity index (χ3n) is 1.94. The van der Waals surface area contributed by atoms with E-state index in [2.05, 4.69) is 10.1 Å². The van der Waals surface area contributed by atoms with E-state index in [-0.39, 0.29) is 18.9 Å². The van der Waals surface area contributed by atoms with Gasteiger partial charge in [0.25, 0.3) is 0 Å². The summed E-state index contributed by atoms with van der Waals surface area (Å²) < 4.78 is 4.40. The number of esters is 1. The van der Waals surface area contributed by atoms with Crippen LogP contribution in [0.1, 0.15) is 5.56 Å². The number of hydrogen-bond acceptors (Lipinski definition) is 3. The Morgan fingerprint density at radius 1 is 1.31 bits per heavy atom. The predicted molar refractivity (Wildman–Crippen MR) is 60.2 cm³/mol. The highest BCUT2D eigenvalue weighted by atomic mass is 35.5. The maximum atomic E-state index is 11.4. The van der Waals surface area contributed by atoms with Crippen LogP contribution in [0.3, 0.4) is 0 Å². The van der Waals surface area contributed by atoms with Crippen molar-refractivity contribution in [2.45, 2.75) is 6.42 Å². The van der Waals surface area contributed by atoms with Crippen LogP contribution in [0.15, 0.2) is 24.3 Å². The van der Waals surface area contributed by atoms with Gasteiger partial charge in [-0.2, -0.15) is 0 Å². The molecule has 86 valence electrons. The Labute approximate surface area is 98.5 Å². The van der Waals surface area contributed by atoms with Gasteiger partial charge in [0.1, 0.15) is 6.54 Å². The first kappa shape index (κ1) is 12.5. The molecule has 1 rings (SSSR count). The van der Waals surface area contributed by atoms with Crippen LogP contribution in [-0.2, 0) is 20.7 Å². The molecule has 0 atom stereocenters. The van der Waals surface area contributed by atoms with Gasteiger partial charge in [0, 0.05) is 5.02 Å². The second-order valence-corrected chi connectivity index (χ2v) is 3.59. The van der Waals surface area contributed by atoms with Gasteiger partial charge in [0.15, 0.2) is 0 Å². The van der Waals surface area contributed by atoms with Crippen molar-refractivity contribution in [3.63, 3.8) is 0 Å². The van der Waals surface area contributed by atoms with Crippen LogP contribution in [0.4, 0.5) is 0 Å². The van der Waals surface area contributed by atoms with E-state index >= 15 is 0 Å². The summed E-state index contributed by atoms with van der Waals surface area (Å²) in [6, 6.07) is 6.95. The molecule has 1 aromatic rings. The molecule has 0 heterocycles. The highest BCUT2D eigenvalue weighted by molar-refractivity contribution is 6.30. The molecule has 5 heteroatoms. The smallest absolute Gasteiger partial charge is 0.325 e. The lowest BCUT2D eigenvalue weighted by Gasteiger charge is -2.03. The molecule has 1 N–H and O–H groups in total. The fraction of sp³-hybridized carbons (Fsp3) is 0.273. The number of hydrogen-bond donors (Lipinski definition) is 1. The van der Waals surface area contributed by atoms with Crippen LogP contribution in [0.2, 0.25) is 5.02 Å². The number of rotatable bonds is 4. The molecular weight excluding hydrogens is 230 g/mol. The van der Waals surface area contributed by atoms with E-state index in [1.54, 1.807) is 24.3 Å². The van der Waals surface area contributed by atoms with Crippen molar-refractivity contribution in [3.05, 3.63) is 34.9 Å². The van der Waals surface area contributed by atoms with E-state index < -0.39 is 5.97 Å². The second kappa shape index (κ2) is 6.12. The van der Waals surface area contributed by atoms with Gasteiger partial charge >= 0.3 is 5.97 Å². The SMILES string of the molecule is COC(=O)CNC(=O)Cc1ccc(Cl)cc1. The molecular formula is C11H12ClNO3. The van der Waals surface area contributed by atoms with Crippen LogP contribution < -0.4 is 5.32 Å². The number of benzene rings is 1. The Kier molecular flexibility index (Phi) is 4.79. The van der Waals surface area contributed by atoms with Crippen molar-refractivity contribution >= 4 is 23.5 Å². The van der Waals surface area contributed by atoms with Crippen LogP contribution in [0.5, 0.6) is 0 Å². The quantitative estimate of drug-likeness (QED) is 0.806. The topological polar surface area (TPSA) is 55.4 Å². The van der Waals surface area contributed by atoms with Gasteiger partial charge in [-0.15, -0.1) is 0 Å². The Balaban J connectivity index is 2.40. The number of carbonyl (C=O) groups excluding carboxylic acids is 2. The standard InChI is InChI=1S/C11H12ClNO3/c1-16-11(15)7-13-10(14)6-8-2-4-9(12)5-3-8/h2-5H,6-7H2,1H3,(H,13,14). The third kappa shape index (κ3) is 4.31. The van der Waals surface area contributed by atoms with Gasteiger partial charge in [0.05, 0.1) is 13.5 Å². The minimum atomic E-state index is -0.468. The van der Waals surface area contributed by atoms with E-state index in [1.165, 1.54) is 7.11 Å². The lowest BCUT2D eigenvalue weighted by molar-refractivity contribution is -0.141. The average molecular weight is 242 g/mol. The number of carbonyl (C=O) groups is 2. The van der Waals surface area contributed by atoms with E-state index in [0.717, 1.165) is 5.56 Å². The van der Waals surface area contributed by atoms with Crippen molar-refractivity contribution in [3.8, 4) is 0 Å². The van der Waals surface area contributed by atoms with Crippen molar-refractivity contribution in [1.82, 2.24) is 5.32 Å². The van der Waals surface area contributed by atoms with Gasteiger partial charge in [-0.25, -0.2) is 0 Å². The highest BCUT2D eigenvalue weighted by Crippen LogP contribution is 2.09. The van der Waals surface area contributed by atoms with Gasteiger partial charge < -0.3 is 10.1 Å². The molecule has 0 radical (unpaired) electrons. The molecule has 1 aromatic carbocycles. The molecule has 0 bridgehead atoms.